The largest absolute Gasteiger partial charge is 0.490 e. The van der Waals surface area contributed by atoms with Crippen LogP contribution >= 0.6 is 0 Å². The minimum atomic E-state index is 0.109. The van der Waals surface area contributed by atoms with E-state index in [9.17, 15) is 0 Å². The van der Waals surface area contributed by atoms with E-state index in [0.717, 1.165) is 24.0 Å². The lowest BCUT2D eigenvalue weighted by Gasteiger charge is -2.11. The van der Waals surface area contributed by atoms with Crippen molar-refractivity contribution in [3.63, 3.8) is 0 Å². The van der Waals surface area contributed by atoms with Crippen LogP contribution in [0, 0.1) is 6.92 Å². The van der Waals surface area contributed by atoms with E-state index >= 15 is 0 Å². The Kier molecular flexibility index (Phi) is 6.31. The number of hydrogen-bond donors (Lipinski definition) is 0. The van der Waals surface area contributed by atoms with Gasteiger partial charge in [0.2, 0.25) is 5.89 Å². The first kappa shape index (κ1) is 20.7. The van der Waals surface area contributed by atoms with Gasteiger partial charge in [-0.2, -0.15) is 9.97 Å². The van der Waals surface area contributed by atoms with Crippen LogP contribution in [0.1, 0.15) is 32.3 Å². The highest BCUT2D eigenvalue weighted by Crippen LogP contribution is 2.34. The molecule has 0 aliphatic rings. The van der Waals surface area contributed by atoms with Crippen molar-refractivity contribution in [3.05, 3.63) is 54.1 Å². The van der Waals surface area contributed by atoms with Crippen molar-refractivity contribution in [2.45, 2.75) is 33.6 Å². The first-order chi connectivity index (χ1) is 15.2. The summed E-state index contributed by atoms with van der Waals surface area (Å²) in [5, 5.41) is 0. The van der Waals surface area contributed by atoms with Gasteiger partial charge in [-0.3, -0.25) is 0 Å². The second-order valence-electron chi connectivity index (χ2n) is 7.10. The molecular weight excluding hydrogens is 394 g/mol. The summed E-state index contributed by atoms with van der Waals surface area (Å²) in [7, 11) is 0. The topological polar surface area (TPSA) is 79.5 Å². The van der Waals surface area contributed by atoms with Crippen LogP contribution in [0.25, 0.3) is 22.7 Å². The summed E-state index contributed by atoms with van der Waals surface area (Å²) in [6.07, 6.45) is 1.73. The van der Waals surface area contributed by atoms with Crippen molar-refractivity contribution >= 4 is 11.2 Å². The molecular formula is C24H25N3O4. The molecule has 7 heteroatoms. The van der Waals surface area contributed by atoms with Gasteiger partial charge in [-0.25, -0.2) is 4.98 Å². The number of rotatable bonds is 9. The Morgan fingerprint density at radius 2 is 1.61 bits per heavy atom. The number of aryl methyl sites for hydroxylation is 1. The Balaban J connectivity index is 1.73. The number of aromatic nitrogens is 3. The van der Waals surface area contributed by atoms with Crippen LogP contribution in [0.15, 0.2) is 52.9 Å². The van der Waals surface area contributed by atoms with Crippen LogP contribution in [0.3, 0.4) is 0 Å². The molecule has 0 aliphatic heterocycles. The maximum Gasteiger partial charge on any atom is 0.328 e. The van der Waals surface area contributed by atoms with Gasteiger partial charge in [0.15, 0.2) is 17.0 Å². The zero-order valence-electron chi connectivity index (χ0n) is 17.9. The van der Waals surface area contributed by atoms with Gasteiger partial charge >= 0.3 is 6.01 Å². The number of para-hydroxylation sites is 2. The van der Waals surface area contributed by atoms with Gasteiger partial charge in [0.25, 0.3) is 11.6 Å². The van der Waals surface area contributed by atoms with Crippen molar-refractivity contribution in [1.82, 2.24) is 15.0 Å². The Hall–Kier alpha value is -3.61. The van der Waals surface area contributed by atoms with Gasteiger partial charge in [-0.1, -0.05) is 43.7 Å². The average Bonchev–Trinajstić information content (AvgIpc) is 3.21. The third-order valence-corrected chi connectivity index (χ3v) is 4.43. The quantitative estimate of drug-likeness (QED) is 0.331. The third kappa shape index (κ3) is 4.77. The van der Waals surface area contributed by atoms with E-state index < -0.39 is 0 Å². The van der Waals surface area contributed by atoms with Gasteiger partial charge in [-0.05, 0) is 44.0 Å². The third-order valence-electron chi connectivity index (χ3n) is 4.43. The summed E-state index contributed by atoms with van der Waals surface area (Å²) in [6.45, 7) is 7.18. The lowest BCUT2D eigenvalue weighted by atomic mass is 10.1. The zero-order valence-corrected chi connectivity index (χ0v) is 17.9. The molecule has 0 saturated heterocycles. The fraction of sp³-hybridized carbons (Fsp3) is 0.292. The lowest BCUT2D eigenvalue weighted by molar-refractivity contribution is 0.291. The van der Waals surface area contributed by atoms with Crippen LogP contribution in [0.4, 0.5) is 0 Å². The van der Waals surface area contributed by atoms with Crippen molar-refractivity contribution in [2.75, 3.05) is 13.2 Å². The predicted molar refractivity (Wildman–Crippen MR) is 118 cm³/mol. The molecule has 0 aliphatic carbocycles. The van der Waals surface area contributed by atoms with Gasteiger partial charge in [0, 0.05) is 5.56 Å². The second kappa shape index (κ2) is 9.47. The minimum absolute atomic E-state index is 0.109. The molecule has 0 atom stereocenters. The second-order valence-corrected chi connectivity index (χ2v) is 7.10. The molecule has 31 heavy (non-hydrogen) atoms. The molecule has 4 rings (SSSR count). The van der Waals surface area contributed by atoms with Crippen molar-refractivity contribution in [1.29, 1.82) is 0 Å². The SMILES string of the molecule is CCCOc1ccccc1Oc1nc(OCCC)c2nc(-c3cccc(C)c3)oc2n1. The number of nitrogens with zero attached hydrogens (tertiary/aromatic N) is 3. The molecule has 0 spiro atoms. The molecule has 2 heterocycles. The number of oxazole rings is 1. The standard InChI is InChI=1S/C24H25N3O4/c1-4-13-28-18-11-6-7-12-19(18)30-24-26-22(29-14-5-2)20-23(27-24)31-21(25-20)17-10-8-9-16(3)15-17/h6-12,15H,4-5,13-14H2,1-3H3. The molecule has 0 N–H and O–H groups in total. The molecule has 0 radical (unpaired) electrons. The number of benzene rings is 2. The molecule has 0 bridgehead atoms. The van der Waals surface area contributed by atoms with E-state index in [4.69, 9.17) is 18.6 Å². The molecule has 2 aromatic heterocycles. The summed E-state index contributed by atoms with van der Waals surface area (Å²) < 4.78 is 23.5. The molecule has 0 saturated carbocycles. The average molecular weight is 419 g/mol. The highest BCUT2D eigenvalue weighted by Gasteiger charge is 2.19. The highest BCUT2D eigenvalue weighted by atomic mass is 16.5. The molecule has 0 unspecified atom stereocenters. The van der Waals surface area contributed by atoms with Crippen molar-refractivity contribution in [3.8, 4) is 34.8 Å². The van der Waals surface area contributed by atoms with Crippen LogP contribution in [0.5, 0.6) is 23.4 Å². The van der Waals surface area contributed by atoms with E-state index in [2.05, 4.69) is 15.0 Å². The van der Waals surface area contributed by atoms with Gasteiger partial charge in [0.1, 0.15) is 0 Å². The van der Waals surface area contributed by atoms with Crippen molar-refractivity contribution in [2.24, 2.45) is 0 Å². The normalized spacial score (nSPS) is 10.9. The van der Waals surface area contributed by atoms with Gasteiger partial charge < -0.3 is 18.6 Å². The Labute approximate surface area is 181 Å². The Morgan fingerprint density at radius 1 is 0.839 bits per heavy atom. The highest BCUT2D eigenvalue weighted by molar-refractivity contribution is 5.78. The number of fused-ring (bicyclic) bond motifs is 1. The van der Waals surface area contributed by atoms with Crippen LogP contribution in [0.2, 0.25) is 0 Å². The van der Waals surface area contributed by atoms with E-state index in [1.165, 1.54) is 0 Å². The first-order valence-electron chi connectivity index (χ1n) is 10.5. The van der Waals surface area contributed by atoms with Crippen LogP contribution < -0.4 is 14.2 Å². The zero-order chi connectivity index (χ0) is 21.6. The number of hydrogen-bond acceptors (Lipinski definition) is 7. The molecule has 4 aromatic rings. The maximum absolute atomic E-state index is 5.95. The summed E-state index contributed by atoms with van der Waals surface area (Å²) in [5.74, 6) is 1.94. The van der Waals surface area contributed by atoms with E-state index in [-0.39, 0.29) is 6.01 Å². The summed E-state index contributed by atoms with van der Waals surface area (Å²) in [5.41, 5.74) is 2.74. The summed E-state index contributed by atoms with van der Waals surface area (Å²) in [4.78, 5) is 13.5. The smallest absolute Gasteiger partial charge is 0.328 e. The molecule has 0 amide bonds. The van der Waals surface area contributed by atoms with Gasteiger partial charge in [0.05, 0.1) is 13.2 Å². The first-order valence-corrected chi connectivity index (χ1v) is 10.5. The van der Waals surface area contributed by atoms with E-state index in [1.807, 2.05) is 69.3 Å². The molecule has 2 aromatic carbocycles. The fourth-order valence-corrected chi connectivity index (χ4v) is 2.99. The summed E-state index contributed by atoms with van der Waals surface area (Å²) in [6, 6.07) is 15.4. The lowest BCUT2D eigenvalue weighted by Crippen LogP contribution is -2.02. The monoisotopic (exact) mass is 419 g/mol. The van der Waals surface area contributed by atoms with Crippen molar-refractivity contribution < 1.29 is 18.6 Å². The molecule has 7 nitrogen and oxygen atoms in total. The van der Waals surface area contributed by atoms with E-state index in [1.54, 1.807) is 0 Å². The minimum Gasteiger partial charge on any atom is -0.490 e. The Bertz CT molecular complexity index is 1170. The van der Waals surface area contributed by atoms with Crippen LogP contribution in [-0.2, 0) is 0 Å². The predicted octanol–water partition coefficient (Wildman–Crippen LogP) is 5.96. The molecule has 160 valence electrons. The fourth-order valence-electron chi connectivity index (χ4n) is 2.99. The summed E-state index contributed by atoms with van der Waals surface area (Å²) >= 11 is 0. The maximum atomic E-state index is 5.95. The van der Waals surface area contributed by atoms with Crippen LogP contribution in [-0.4, -0.2) is 28.2 Å². The molecule has 0 fully saturated rings. The Morgan fingerprint density at radius 3 is 2.39 bits per heavy atom. The number of ether oxygens (including phenoxy) is 3. The van der Waals surface area contributed by atoms with E-state index in [0.29, 0.717) is 47.7 Å². The van der Waals surface area contributed by atoms with Gasteiger partial charge in [-0.15, -0.1) is 0 Å².